The lowest BCUT2D eigenvalue weighted by molar-refractivity contribution is -0.334. The smallest absolute Gasteiger partial charge is 0.330 e. The number of halogens is 2. The number of carbonyl (C=O) groups excluding carboxylic acids is 7. The zero-order chi connectivity index (χ0) is 81.6. The van der Waals surface area contributed by atoms with Gasteiger partial charge >= 0.3 is 5.97 Å². The van der Waals surface area contributed by atoms with Crippen LogP contribution in [0.3, 0.4) is 0 Å². The molecule has 33 nitrogen and oxygen atoms in total. The summed E-state index contributed by atoms with van der Waals surface area (Å²) in [4.78, 5) is 117. The molecule has 0 radical (unpaired) electrons. The highest BCUT2D eigenvalue weighted by Gasteiger charge is 2.52. The van der Waals surface area contributed by atoms with Crippen LogP contribution in [0.25, 0.3) is 11.1 Å². The zero-order valence-electron chi connectivity index (χ0n) is 61.7. The van der Waals surface area contributed by atoms with E-state index in [0.29, 0.717) is 6.54 Å². The Morgan fingerprint density at radius 3 is 1.93 bits per heavy atom. The van der Waals surface area contributed by atoms with Gasteiger partial charge in [0.25, 0.3) is 0 Å². The lowest BCUT2D eigenvalue weighted by atomic mass is 9.84. The molecule has 6 aromatic rings. The number of aryl methyl sites for hydroxylation is 1. The second-order valence-electron chi connectivity index (χ2n) is 29.3. The number of nitrogens with one attached hydrogen (secondary N) is 7. The summed E-state index contributed by atoms with van der Waals surface area (Å²) >= 11 is 14.2. The first-order valence-electron chi connectivity index (χ1n) is 36.7. The molecule has 7 heterocycles. The Balaban J connectivity index is 1.08. The highest BCUT2D eigenvalue weighted by atomic mass is 35.5. The van der Waals surface area contributed by atoms with Crippen molar-refractivity contribution in [3.63, 3.8) is 0 Å². The third-order valence-electron chi connectivity index (χ3n) is 20.4. The average Bonchev–Trinajstić information content (AvgIpc) is 0.767. The molecule has 0 saturated carbocycles. The molecule has 0 spiro atoms. The summed E-state index contributed by atoms with van der Waals surface area (Å²) in [5, 5.41) is 133. The van der Waals surface area contributed by atoms with Crippen LogP contribution in [-0.2, 0) is 59.0 Å². The Hall–Kier alpha value is -9.98. The first-order valence-corrected chi connectivity index (χ1v) is 37.5. The van der Waals surface area contributed by atoms with Crippen molar-refractivity contribution in [1.82, 2.24) is 37.2 Å². The van der Waals surface area contributed by atoms with Gasteiger partial charge in [0.05, 0.1) is 41.3 Å². The van der Waals surface area contributed by atoms with Crippen LogP contribution in [0.15, 0.2) is 109 Å². The number of carbonyl (C=O) groups is 8. The molecule has 0 aromatic heterocycles. The molecule has 18 atom stereocenters. The van der Waals surface area contributed by atoms with Crippen LogP contribution in [0.4, 0.5) is 0 Å². The number of amides is 7. The summed E-state index contributed by atoms with van der Waals surface area (Å²) in [5.41, 5.74) is 9.32. The maximum absolute atomic E-state index is 16.2. The van der Waals surface area contributed by atoms with Gasteiger partial charge in [-0.3, -0.25) is 33.6 Å². The monoisotopic (exact) mass is 1610 g/mol. The first-order chi connectivity index (χ1) is 53.7. The summed E-state index contributed by atoms with van der Waals surface area (Å²) in [6.45, 7) is 6.39. The van der Waals surface area contributed by atoms with E-state index in [1.165, 1.54) is 17.7 Å². The van der Waals surface area contributed by atoms with E-state index in [2.05, 4.69) is 49.4 Å². The van der Waals surface area contributed by atoms with Gasteiger partial charge < -0.3 is 128 Å². The fraction of sp³-hybridized carbons (Fsp3) is 0.436. The predicted octanol–water partition coefficient (Wildman–Crippen LogP) is 3.67. The number of aromatic hydroxyl groups is 3. The van der Waals surface area contributed by atoms with Gasteiger partial charge in [-0.1, -0.05) is 105 Å². The van der Waals surface area contributed by atoms with E-state index in [-0.39, 0.29) is 52.0 Å². The number of aliphatic carboxylic acids is 1. The van der Waals surface area contributed by atoms with Crippen LogP contribution in [0.1, 0.15) is 143 Å². The number of hydrogen-bond donors (Lipinski definition) is 19. The number of aliphatic hydroxyl groups excluding tert-OH is 6. The van der Waals surface area contributed by atoms with E-state index in [1.807, 2.05) is 18.2 Å². The van der Waals surface area contributed by atoms with E-state index in [9.17, 15) is 75.0 Å². The SMILES string of the molecule is CC(C)C[C@@H](N)C(=O)NC1C(=O)N[C@@H](CC(N)=O)C(=O)N[C@H]2C(=O)NC3C(=O)N[C@H](C(=O)N[C@H](C(=O)O)c4cc(O)cc(O)c4-c4cc3ccc4O)[C@H](O)c3ccc(c(Cl)c3)Oc3cc2cc(c3O[C@@H]2O[C@H](CO)[C@@H](O)[C@H](O)[C@H]2O[C@@H]2C[C@@](C)(NCCCCCCCc3ccccc3)[C@@H](O)[C@@H](C)O2)Oc2ccc(cc2Cl)[C@H]1O. The van der Waals surface area contributed by atoms with Crippen molar-refractivity contribution >= 4 is 70.5 Å². The number of carboxylic acid groups (broad SMARTS) is 1. The van der Waals surface area contributed by atoms with Crippen molar-refractivity contribution in [3.05, 3.63) is 153 Å². The highest BCUT2D eigenvalue weighted by molar-refractivity contribution is 6.32. The first kappa shape index (κ1) is 83.9. The lowest BCUT2D eigenvalue weighted by Gasteiger charge is -2.48. The molecule has 7 amide bonds. The van der Waals surface area contributed by atoms with Gasteiger partial charge in [0.2, 0.25) is 53.4 Å². The maximum atomic E-state index is 16.2. The molecule has 11 bridgehead atoms. The average molecular weight is 1610 g/mol. The summed E-state index contributed by atoms with van der Waals surface area (Å²) in [5.74, 6) is -16.2. The molecule has 113 heavy (non-hydrogen) atoms. The van der Waals surface area contributed by atoms with E-state index in [0.717, 1.165) is 105 Å². The van der Waals surface area contributed by atoms with Gasteiger partial charge in [-0.15, -0.1) is 0 Å². The molecule has 2 unspecified atom stereocenters. The molecule has 7 aliphatic heterocycles. The predicted molar refractivity (Wildman–Crippen MR) is 401 cm³/mol. The van der Waals surface area contributed by atoms with Crippen LogP contribution < -0.4 is 62.9 Å². The summed E-state index contributed by atoms with van der Waals surface area (Å²) < 4.78 is 39.4. The van der Waals surface area contributed by atoms with Gasteiger partial charge in [0.15, 0.2) is 29.9 Å². The van der Waals surface area contributed by atoms with E-state index < -0.39 is 231 Å². The number of unbranched alkanes of at least 4 members (excludes halogenated alkanes) is 4. The molecule has 2 saturated heterocycles. The standard InChI is InChI=1S/C78H91Cl2N9O24/c1-34(2)23-46(81)70(100)88-61-63(95)38-17-20-50(44(79)25-38)109-52-27-40-28-53(67(52)113-77-68(66(98)65(97)54(33-90)111-77)112-56-32-78(4,69(99)35(3)108-56)83-22-12-7-5-6-9-13-36-14-10-8-11-15-36)110-51-21-18-39(26-45(51)80)64(96)62-75(105)87-60(76(106)107)43-29-41(91)30-49(93)57(43)42-24-37(16-19-48(42)92)58(72(102)89-62)86-73(103)59(40)85-71(101)47(31-55(82)94)84-74(61)104/h8,10-11,14-21,24-30,34-35,46-47,54,56,58-66,68-69,77,83,90-93,95-99H,5-7,9,12-13,22-23,31-33,81H2,1-4H3,(H2,82,94)(H,84,104)(H,85,101)(H,86,103)(H,87,105)(H,88,100)(H,89,102)(H,106,107)/t35-,46-,47+,54-,56-,58?,59-,60+,61?,62+,63-,64-,65-,66+,68-,69+,77+,78-/m1/s1. The minimum atomic E-state index is -2.36. The van der Waals surface area contributed by atoms with E-state index in [4.69, 9.17) is 63.1 Å². The van der Waals surface area contributed by atoms with Crippen molar-refractivity contribution in [2.75, 3.05) is 13.2 Å². The molecule has 35 heteroatoms. The highest BCUT2D eigenvalue weighted by Crippen LogP contribution is 2.50. The van der Waals surface area contributed by atoms with E-state index >= 15 is 14.4 Å². The van der Waals surface area contributed by atoms with Gasteiger partial charge in [-0.2, -0.15) is 0 Å². The molecule has 606 valence electrons. The fourth-order valence-electron chi connectivity index (χ4n) is 14.4. The number of primary amides is 1. The van der Waals surface area contributed by atoms with Gasteiger partial charge in [-0.25, -0.2) is 4.79 Å². The second kappa shape index (κ2) is 36.0. The number of rotatable bonds is 21. The van der Waals surface area contributed by atoms with Crippen LogP contribution in [-0.4, -0.2) is 190 Å². The molecule has 2 fully saturated rings. The van der Waals surface area contributed by atoms with Gasteiger partial charge in [-0.05, 0) is 134 Å². The molecular formula is C78H91Cl2N9O24. The van der Waals surface area contributed by atoms with Crippen LogP contribution in [0.2, 0.25) is 10.0 Å². The largest absolute Gasteiger partial charge is 0.508 e. The number of phenolic OH excluding ortho intramolecular Hbond substituents is 3. The minimum absolute atomic E-state index is 0.0747. The lowest BCUT2D eigenvalue weighted by Crippen LogP contribution is -2.65. The number of aliphatic hydroxyl groups is 6. The number of fused-ring (bicyclic) bond motifs is 15. The van der Waals surface area contributed by atoms with Gasteiger partial charge in [0.1, 0.15) is 89.5 Å². The van der Waals surface area contributed by atoms with Crippen LogP contribution in [0, 0.1) is 5.92 Å². The summed E-state index contributed by atoms with van der Waals surface area (Å²) in [6, 6.07) is 9.22. The number of hydrogen-bond acceptors (Lipinski definition) is 25. The van der Waals surface area contributed by atoms with Crippen molar-refractivity contribution < 1.29 is 118 Å². The number of nitrogens with two attached hydrogens (primary N) is 2. The topological polar surface area (TPSA) is 530 Å². The minimum Gasteiger partial charge on any atom is -0.508 e. The number of carboxylic acids is 1. The maximum Gasteiger partial charge on any atom is 0.330 e. The Morgan fingerprint density at radius 1 is 0.673 bits per heavy atom. The Morgan fingerprint density at radius 2 is 1.29 bits per heavy atom. The van der Waals surface area contributed by atoms with Crippen molar-refractivity contribution in [2.24, 2.45) is 17.4 Å². The third-order valence-corrected chi connectivity index (χ3v) is 21.0. The van der Waals surface area contributed by atoms with Gasteiger partial charge in [0, 0.05) is 34.7 Å². The molecular weight excluding hydrogens is 1520 g/mol. The van der Waals surface area contributed by atoms with Crippen molar-refractivity contribution in [3.8, 4) is 57.1 Å². The zero-order valence-corrected chi connectivity index (χ0v) is 63.2. The molecule has 0 aliphatic carbocycles. The molecule has 7 aliphatic rings. The molecule has 13 rings (SSSR count). The quantitative estimate of drug-likeness (QED) is 0.0457. The van der Waals surface area contributed by atoms with Crippen LogP contribution >= 0.6 is 23.2 Å². The Kier molecular flexibility index (Phi) is 26.8. The third kappa shape index (κ3) is 19.3. The number of phenols is 3. The summed E-state index contributed by atoms with van der Waals surface area (Å²) in [6.07, 6.45) is -12.8. The fourth-order valence-corrected chi connectivity index (χ4v) is 14.9. The van der Waals surface area contributed by atoms with Crippen LogP contribution in [0.5, 0.6) is 46.0 Å². The molecule has 21 N–H and O–H groups in total. The second-order valence-corrected chi connectivity index (χ2v) is 30.1. The Labute approximate surface area is 657 Å². The number of ether oxygens (including phenoxy) is 6. The van der Waals surface area contributed by atoms with Crippen molar-refractivity contribution in [2.45, 2.75) is 195 Å². The number of benzene rings is 6. The normalized spacial score (nSPS) is 27.5. The van der Waals surface area contributed by atoms with Crippen molar-refractivity contribution in [1.29, 1.82) is 0 Å². The van der Waals surface area contributed by atoms with E-state index in [1.54, 1.807) is 27.7 Å². The molecule has 6 aromatic carbocycles. The Bertz CT molecular complexity index is 4550. The summed E-state index contributed by atoms with van der Waals surface area (Å²) in [7, 11) is 0.